The van der Waals surface area contributed by atoms with Crippen LogP contribution in [0, 0.1) is 45.3 Å². The van der Waals surface area contributed by atoms with Gasteiger partial charge in [-0.15, -0.1) is 0 Å². The van der Waals surface area contributed by atoms with E-state index in [-0.39, 0.29) is 63.8 Å². The normalized spacial score (nSPS) is 32.2. The zero-order valence-electron chi connectivity index (χ0n) is 45.4. The SMILES string of the molecule is COC(=O)CC[C@@H]1/C2=C(\C)C3=NC([C@H](C(=O)OC)[C@@]3(C)CCC(=O)OC)[C@@]3(C)N=C(/C(C)=C4\N/C(=C\C(=N2)C1(C)C)[C@@H](CCC(=O)OC)[C@]4(C)CC(=O)NCc1ccncc1)[C@@H](CCC(=O)OC)[C@]3(C)C(=O)OC. The highest BCUT2D eigenvalue weighted by Gasteiger charge is 2.70. The third kappa shape index (κ3) is 10.1. The molecular weight excluding hydrogens is 953 g/mol. The predicted octanol–water partition coefficient (Wildman–Crippen LogP) is 6.30. The molecule has 74 heavy (non-hydrogen) atoms. The van der Waals surface area contributed by atoms with Gasteiger partial charge in [0.15, 0.2) is 0 Å². The molecular formula is C55H74N6O13. The summed E-state index contributed by atoms with van der Waals surface area (Å²) < 4.78 is 32.0. The van der Waals surface area contributed by atoms with E-state index in [4.69, 9.17) is 43.4 Å². The number of aromatic nitrogens is 1. The van der Waals surface area contributed by atoms with E-state index in [0.29, 0.717) is 51.8 Å². The Labute approximate surface area is 433 Å². The monoisotopic (exact) mass is 1030 g/mol. The quantitative estimate of drug-likeness (QED) is 0.121. The number of carbonyl (C=O) groups excluding carboxylic acids is 7. The molecule has 0 aliphatic carbocycles. The van der Waals surface area contributed by atoms with Gasteiger partial charge in [0.1, 0.15) is 5.41 Å². The van der Waals surface area contributed by atoms with Crippen LogP contribution in [0.4, 0.5) is 0 Å². The van der Waals surface area contributed by atoms with Crippen molar-refractivity contribution in [1.29, 1.82) is 0 Å². The van der Waals surface area contributed by atoms with E-state index >= 15 is 4.79 Å². The molecule has 0 radical (unpaired) electrons. The van der Waals surface area contributed by atoms with Crippen molar-refractivity contribution in [2.45, 2.75) is 131 Å². The molecule has 5 aliphatic heterocycles. The summed E-state index contributed by atoms with van der Waals surface area (Å²) in [6.45, 7) is 15.3. The van der Waals surface area contributed by atoms with Crippen molar-refractivity contribution in [2.75, 3.05) is 42.7 Å². The molecule has 402 valence electrons. The standard InChI is InChI=1S/C55H74N6O13/c1-30-44-34(16-19-40(64)70-10)51(3,4)37(59-44)27-36-33(15-18-39(63)69-9)53(6,28-38(62)57-29-32-22-25-56-26-23-32)47(58-36)31(2)45-35(17-20-41(65)71-11)54(7,50(68)74-14)55(8,61-45)48-43(49(67)73-13)52(5,46(30)60-48)24-21-42(66)72-12/h22-23,25-27,33-35,43,48,58H,15-21,24,28-29H2,1-14H3,(H,57,62)/b36-27-,44-30-,47-31-/t33-,34-,35-,43-,48?,52-,53+,54-,55-/m1/s1. The van der Waals surface area contributed by atoms with E-state index in [1.165, 1.54) is 42.7 Å². The first-order valence-electron chi connectivity index (χ1n) is 25.2. The number of esters is 6. The van der Waals surface area contributed by atoms with Crippen LogP contribution in [0.15, 0.2) is 73.8 Å². The van der Waals surface area contributed by atoms with Crippen LogP contribution >= 0.6 is 0 Å². The Hall–Kier alpha value is -6.53. The number of rotatable bonds is 18. The van der Waals surface area contributed by atoms with Gasteiger partial charge in [0.25, 0.3) is 0 Å². The molecule has 1 aromatic heterocycles. The van der Waals surface area contributed by atoms with E-state index < -0.39 is 92.7 Å². The number of fused-ring (bicyclic) bond motifs is 6. The molecule has 1 unspecified atom stereocenters. The topological polar surface area (TPSA) is 249 Å². The molecule has 6 heterocycles. The largest absolute Gasteiger partial charge is 0.469 e. The van der Waals surface area contributed by atoms with Crippen LogP contribution in [0.1, 0.15) is 119 Å². The van der Waals surface area contributed by atoms with Gasteiger partial charge in [0.05, 0.1) is 60.2 Å². The summed E-state index contributed by atoms with van der Waals surface area (Å²) in [5, 5.41) is 6.84. The van der Waals surface area contributed by atoms with Gasteiger partial charge in [-0.3, -0.25) is 53.5 Å². The van der Waals surface area contributed by atoms with Gasteiger partial charge < -0.3 is 39.1 Å². The molecule has 19 nitrogen and oxygen atoms in total. The van der Waals surface area contributed by atoms with E-state index in [0.717, 1.165) is 5.56 Å². The Kier molecular flexibility index (Phi) is 17.0. The molecule has 6 rings (SSSR count). The van der Waals surface area contributed by atoms with Gasteiger partial charge in [-0.2, -0.15) is 0 Å². The lowest BCUT2D eigenvalue weighted by molar-refractivity contribution is -0.162. The molecule has 19 heteroatoms. The molecule has 1 fully saturated rings. The average Bonchev–Trinajstić information content (AvgIpc) is 4.02. The van der Waals surface area contributed by atoms with Crippen LogP contribution in [0.3, 0.4) is 0 Å². The van der Waals surface area contributed by atoms with Gasteiger partial charge in [-0.05, 0) is 88.3 Å². The second-order valence-corrected chi connectivity index (χ2v) is 21.4. The minimum absolute atomic E-state index is 0.00954. The maximum Gasteiger partial charge on any atom is 0.314 e. The minimum atomic E-state index is -1.67. The zero-order chi connectivity index (χ0) is 54.7. The van der Waals surface area contributed by atoms with Crippen molar-refractivity contribution in [2.24, 2.45) is 60.3 Å². The molecule has 8 bridgehead atoms. The minimum Gasteiger partial charge on any atom is -0.469 e. The lowest BCUT2D eigenvalue weighted by Gasteiger charge is -2.45. The Morgan fingerprint density at radius 1 is 0.676 bits per heavy atom. The number of methoxy groups -OCH3 is 6. The van der Waals surface area contributed by atoms with Crippen molar-refractivity contribution >= 4 is 58.9 Å². The number of ether oxygens (including phenoxy) is 6. The molecule has 1 aromatic rings. The van der Waals surface area contributed by atoms with Crippen molar-refractivity contribution < 1.29 is 62.0 Å². The van der Waals surface area contributed by atoms with Gasteiger partial charge >= 0.3 is 35.8 Å². The van der Waals surface area contributed by atoms with Crippen LogP contribution in [0.25, 0.3) is 0 Å². The maximum absolute atomic E-state index is 15.1. The number of carbonyl (C=O) groups is 7. The number of allylic oxidation sites excluding steroid dienone is 6. The Bertz CT molecular complexity index is 2630. The smallest absolute Gasteiger partial charge is 0.314 e. The molecule has 5 aliphatic rings. The highest BCUT2D eigenvalue weighted by atomic mass is 16.5. The lowest BCUT2D eigenvalue weighted by Crippen LogP contribution is -2.59. The highest BCUT2D eigenvalue weighted by Crippen LogP contribution is 2.61. The fourth-order valence-electron chi connectivity index (χ4n) is 12.6. The molecule has 0 aromatic carbocycles. The lowest BCUT2D eigenvalue weighted by atomic mass is 9.57. The van der Waals surface area contributed by atoms with Crippen molar-refractivity contribution in [3.8, 4) is 0 Å². The van der Waals surface area contributed by atoms with Crippen molar-refractivity contribution in [1.82, 2.24) is 15.6 Å². The summed E-state index contributed by atoms with van der Waals surface area (Å²) in [6, 6.07) is 2.44. The second kappa shape index (κ2) is 22.1. The number of nitrogens with zero attached hydrogens (tertiary/aromatic N) is 4. The second-order valence-electron chi connectivity index (χ2n) is 21.4. The number of amides is 1. The average molecular weight is 1030 g/mol. The van der Waals surface area contributed by atoms with Crippen LogP contribution in [0.2, 0.25) is 0 Å². The van der Waals surface area contributed by atoms with E-state index in [9.17, 15) is 28.8 Å². The van der Waals surface area contributed by atoms with Gasteiger partial charge in [0, 0.05) is 119 Å². The fourth-order valence-corrected chi connectivity index (χ4v) is 12.6. The van der Waals surface area contributed by atoms with Crippen LogP contribution in [0.5, 0.6) is 0 Å². The van der Waals surface area contributed by atoms with E-state index in [1.807, 2.05) is 59.8 Å². The summed E-state index contributed by atoms with van der Waals surface area (Å²) in [5.74, 6) is -6.66. The molecule has 0 spiro atoms. The number of nitrogens with one attached hydrogen (secondary N) is 2. The first-order chi connectivity index (χ1) is 34.9. The number of hydrogen-bond donors (Lipinski definition) is 2. The van der Waals surface area contributed by atoms with Crippen molar-refractivity contribution in [3.05, 3.63) is 64.4 Å². The summed E-state index contributed by atoms with van der Waals surface area (Å²) >= 11 is 0. The number of aliphatic imine (C=N–C) groups is 3. The molecule has 1 amide bonds. The summed E-state index contributed by atoms with van der Waals surface area (Å²) in [7, 11) is 7.76. The summed E-state index contributed by atoms with van der Waals surface area (Å²) in [5.41, 5.74) is -1.31. The molecule has 2 N–H and O–H groups in total. The number of hydrogen-bond acceptors (Lipinski definition) is 18. The Morgan fingerprint density at radius 2 is 1.23 bits per heavy atom. The summed E-state index contributed by atoms with van der Waals surface area (Å²) in [4.78, 5) is 118. The van der Waals surface area contributed by atoms with Crippen LogP contribution in [-0.2, 0) is 68.5 Å². The number of pyridine rings is 1. The molecule has 9 atom stereocenters. The van der Waals surface area contributed by atoms with Crippen molar-refractivity contribution in [3.63, 3.8) is 0 Å². The predicted molar refractivity (Wildman–Crippen MR) is 273 cm³/mol. The summed E-state index contributed by atoms with van der Waals surface area (Å²) in [6.07, 6.45) is 5.55. The van der Waals surface area contributed by atoms with E-state index in [1.54, 1.807) is 26.2 Å². The van der Waals surface area contributed by atoms with Gasteiger partial charge in [-0.1, -0.05) is 27.7 Å². The first kappa shape index (κ1) is 56.8. The maximum atomic E-state index is 15.1. The van der Waals surface area contributed by atoms with E-state index in [2.05, 4.69) is 15.6 Å². The van der Waals surface area contributed by atoms with Crippen LogP contribution < -0.4 is 10.6 Å². The fraction of sp³-hybridized carbons (Fsp3) is 0.618. The highest BCUT2D eigenvalue weighted by molar-refractivity contribution is 6.12. The van der Waals surface area contributed by atoms with Crippen LogP contribution in [-0.4, -0.2) is 118 Å². The molecule has 1 saturated heterocycles. The third-order valence-corrected chi connectivity index (χ3v) is 17.2. The van der Waals surface area contributed by atoms with Gasteiger partial charge in [0.2, 0.25) is 5.91 Å². The zero-order valence-corrected chi connectivity index (χ0v) is 45.4. The van der Waals surface area contributed by atoms with Gasteiger partial charge in [-0.25, -0.2) is 0 Å². The first-order valence-corrected chi connectivity index (χ1v) is 25.2. The molecule has 0 saturated carbocycles. The Morgan fingerprint density at radius 3 is 1.78 bits per heavy atom. The third-order valence-electron chi connectivity index (χ3n) is 17.2. The Balaban J connectivity index is 1.78.